The standard InChI is InChI=1S/C12H22N2O2/c13-8-11(7-10-3-6-16-9-10)12(15)14-4-1-2-5-14/h10-11H,1-9,13H2. The molecule has 0 radical (unpaired) electrons. The number of hydrogen-bond donors (Lipinski definition) is 1. The minimum absolute atomic E-state index is 0.0183. The number of ether oxygens (including phenoxy) is 1. The molecular formula is C12H22N2O2. The molecule has 2 N–H and O–H groups in total. The van der Waals surface area contributed by atoms with Gasteiger partial charge in [0.2, 0.25) is 5.91 Å². The van der Waals surface area contributed by atoms with Gasteiger partial charge in [-0.15, -0.1) is 0 Å². The van der Waals surface area contributed by atoms with E-state index in [2.05, 4.69) is 0 Å². The normalized spacial score (nSPS) is 27.3. The molecule has 16 heavy (non-hydrogen) atoms. The van der Waals surface area contributed by atoms with Crippen molar-refractivity contribution in [2.45, 2.75) is 25.7 Å². The molecule has 2 heterocycles. The van der Waals surface area contributed by atoms with Crippen LogP contribution in [0.4, 0.5) is 0 Å². The summed E-state index contributed by atoms with van der Waals surface area (Å²) in [5.74, 6) is 0.830. The van der Waals surface area contributed by atoms with Crippen molar-refractivity contribution in [3.05, 3.63) is 0 Å². The van der Waals surface area contributed by atoms with E-state index >= 15 is 0 Å². The van der Waals surface area contributed by atoms with E-state index in [1.165, 1.54) is 0 Å². The Morgan fingerprint density at radius 3 is 2.75 bits per heavy atom. The Morgan fingerprint density at radius 2 is 2.19 bits per heavy atom. The van der Waals surface area contributed by atoms with E-state index in [9.17, 15) is 4.79 Å². The summed E-state index contributed by atoms with van der Waals surface area (Å²) in [6, 6.07) is 0. The van der Waals surface area contributed by atoms with E-state index in [0.717, 1.165) is 52.0 Å². The van der Waals surface area contributed by atoms with Crippen LogP contribution < -0.4 is 5.73 Å². The summed E-state index contributed by atoms with van der Waals surface area (Å²) in [6.45, 7) is 3.99. The van der Waals surface area contributed by atoms with Crippen LogP contribution >= 0.6 is 0 Å². The van der Waals surface area contributed by atoms with Crippen LogP contribution in [0, 0.1) is 11.8 Å². The monoisotopic (exact) mass is 226 g/mol. The highest BCUT2D eigenvalue weighted by Gasteiger charge is 2.29. The van der Waals surface area contributed by atoms with Crippen molar-refractivity contribution >= 4 is 5.91 Å². The second-order valence-corrected chi connectivity index (χ2v) is 4.93. The van der Waals surface area contributed by atoms with Gasteiger partial charge in [-0.3, -0.25) is 4.79 Å². The molecule has 2 atom stereocenters. The lowest BCUT2D eigenvalue weighted by molar-refractivity contribution is -0.134. The van der Waals surface area contributed by atoms with Crippen molar-refractivity contribution < 1.29 is 9.53 Å². The number of rotatable bonds is 4. The van der Waals surface area contributed by atoms with Crippen LogP contribution in [0.2, 0.25) is 0 Å². The second-order valence-electron chi connectivity index (χ2n) is 4.93. The van der Waals surface area contributed by atoms with Crippen LogP contribution in [0.5, 0.6) is 0 Å². The molecule has 0 aromatic rings. The van der Waals surface area contributed by atoms with Crippen LogP contribution in [0.3, 0.4) is 0 Å². The highest BCUT2D eigenvalue weighted by atomic mass is 16.5. The first-order valence-electron chi connectivity index (χ1n) is 6.38. The summed E-state index contributed by atoms with van der Waals surface area (Å²) in [5, 5.41) is 0. The maximum Gasteiger partial charge on any atom is 0.226 e. The summed E-state index contributed by atoms with van der Waals surface area (Å²) < 4.78 is 5.34. The van der Waals surface area contributed by atoms with Gasteiger partial charge in [0.1, 0.15) is 0 Å². The van der Waals surface area contributed by atoms with Crippen molar-refractivity contribution in [3.63, 3.8) is 0 Å². The van der Waals surface area contributed by atoms with Crippen molar-refractivity contribution in [2.75, 3.05) is 32.8 Å². The molecule has 92 valence electrons. The molecule has 1 amide bonds. The SMILES string of the molecule is NCC(CC1CCOC1)C(=O)N1CCCC1. The van der Waals surface area contributed by atoms with E-state index in [0.29, 0.717) is 12.5 Å². The lowest BCUT2D eigenvalue weighted by Gasteiger charge is -2.23. The summed E-state index contributed by atoms with van der Waals surface area (Å²) in [7, 11) is 0. The molecule has 2 aliphatic heterocycles. The molecule has 0 saturated carbocycles. The summed E-state index contributed by atoms with van der Waals surface area (Å²) in [4.78, 5) is 14.1. The van der Waals surface area contributed by atoms with Crippen LogP contribution in [0.25, 0.3) is 0 Å². The van der Waals surface area contributed by atoms with Crippen molar-refractivity contribution in [3.8, 4) is 0 Å². The fourth-order valence-corrected chi connectivity index (χ4v) is 2.67. The largest absolute Gasteiger partial charge is 0.381 e. The molecule has 0 bridgehead atoms. The number of likely N-dealkylation sites (tertiary alicyclic amines) is 1. The molecule has 2 fully saturated rings. The lowest BCUT2D eigenvalue weighted by Crippen LogP contribution is -2.38. The van der Waals surface area contributed by atoms with Gasteiger partial charge in [-0.2, -0.15) is 0 Å². The average molecular weight is 226 g/mol. The van der Waals surface area contributed by atoms with Gasteiger partial charge in [0.05, 0.1) is 5.92 Å². The number of nitrogens with two attached hydrogens (primary N) is 1. The Labute approximate surface area is 97.1 Å². The molecular weight excluding hydrogens is 204 g/mol. The summed E-state index contributed by atoms with van der Waals surface area (Å²) >= 11 is 0. The van der Waals surface area contributed by atoms with E-state index in [-0.39, 0.29) is 11.8 Å². The van der Waals surface area contributed by atoms with Crippen molar-refractivity contribution in [1.82, 2.24) is 4.90 Å². The van der Waals surface area contributed by atoms with E-state index in [4.69, 9.17) is 10.5 Å². The minimum Gasteiger partial charge on any atom is -0.381 e. The number of hydrogen-bond acceptors (Lipinski definition) is 3. The quantitative estimate of drug-likeness (QED) is 0.764. The maximum atomic E-state index is 12.2. The Kier molecular flexibility index (Phi) is 4.18. The summed E-state index contributed by atoms with van der Waals surface area (Å²) in [6.07, 6.45) is 4.29. The fraction of sp³-hybridized carbons (Fsp3) is 0.917. The third-order valence-corrected chi connectivity index (χ3v) is 3.69. The first-order valence-corrected chi connectivity index (χ1v) is 6.38. The van der Waals surface area contributed by atoms with Gasteiger partial charge in [0.25, 0.3) is 0 Å². The Balaban J connectivity index is 1.84. The number of carbonyl (C=O) groups excluding carboxylic acids is 1. The molecule has 0 aliphatic carbocycles. The molecule has 2 saturated heterocycles. The average Bonchev–Trinajstić information content (AvgIpc) is 2.97. The van der Waals surface area contributed by atoms with Crippen LogP contribution in [-0.2, 0) is 9.53 Å². The third-order valence-electron chi connectivity index (χ3n) is 3.69. The predicted molar refractivity (Wildman–Crippen MR) is 61.9 cm³/mol. The zero-order valence-corrected chi connectivity index (χ0v) is 9.86. The minimum atomic E-state index is 0.0183. The van der Waals surface area contributed by atoms with Gasteiger partial charge in [-0.25, -0.2) is 0 Å². The second kappa shape index (κ2) is 5.64. The molecule has 2 unspecified atom stereocenters. The molecule has 0 aromatic heterocycles. The molecule has 4 nitrogen and oxygen atoms in total. The zero-order chi connectivity index (χ0) is 11.4. The smallest absolute Gasteiger partial charge is 0.226 e. The number of carbonyl (C=O) groups is 1. The maximum absolute atomic E-state index is 12.2. The molecule has 0 aromatic carbocycles. The van der Waals surface area contributed by atoms with Crippen LogP contribution in [0.1, 0.15) is 25.7 Å². The van der Waals surface area contributed by atoms with E-state index < -0.39 is 0 Å². The van der Waals surface area contributed by atoms with Crippen LogP contribution in [0.15, 0.2) is 0 Å². The summed E-state index contributed by atoms with van der Waals surface area (Å²) in [5.41, 5.74) is 5.73. The Hall–Kier alpha value is -0.610. The van der Waals surface area contributed by atoms with Gasteiger partial charge in [-0.05, 0) is 31.6 Å². The third kappa shape index (κ3) is 2.74. The van der Waals surface area contributed by atoms with Gasteiger partial charge < -0.3 is 15.4 Å². The fourth-order valence-electron chi connectivity index (χ4n) is 2.67. The molecule has 0 spiro atoms. The topological polar surface area (TPSA) is 55.6 Å². The number of nitrogens with zero attached hydrogens (tertiary/aromatic N) is 1. The first kappa shape index (κ1) is 11.9. The van der Waals surface area contributed by atoms with Crippen molar-refractivity contribution in [1.29, 1.82) is 0 Å². The van der Waals surface area contributed by atoms with Crippen LogP contribution in [-0.4, -0.2) is 43.7 Å². The van der Waals surface area contributed by atoms with Gasteiger partial charge in [0, 0.05) is 32.8 Å². The zero-order valence-electron chi connectivity index (χ0n) is 9.86. The van der Waals surface area contributed by atoms with Gasteiger partial charge in [-0.1, -0.05) is 0 Å². The molecule has 2 aliphatic rings. The first-order chi connectivity index (χ1) is 7.81. The Bertz CT molecular complexity index is 233. The predicted octanol–water partition coefficient (Wildman–Crippen LogP) is 0.610. The van der Waals surface area contributed by atoms with Gasteiger partial charge in [0.15, 0.2) is 0 Å². The Morgan fingerprint density at radius 1 is 1.44 bits per heavy atom. The highest BCUT2D eigenvalue weighted by molar-refractivity contribution is 5.79. The highest BCUT2D eigenvalue weighted by Crippen LogP contribution is 2.23. The molecule has 4 heteroatoms. The number of amides is 1. The van der Waals surface area contributed by atoms with Crippen molar-refractivity contribution in [2.24, 2.45) is 17.6 Å². The van der Waals surface area contributed by atoms with E-state index in [1.807, 2.05) is 4.90 Å². The lowest BCUT2D eigenvalue weighted by atomic mass is 9.93. The van der Waals surface area contributed by atoms with E-state index in [1.54, 1.807) is 0 Å². The van der Waals surface area contributed by atoms with Gasteiger partial charge >= 0.3 is 0 Å². The molecule has 2 rings (SSSR count).